The molecule has 0 radical (unpaired) electrons. The highest BCUT2D eigenvalue weighted by Crippen LogP contribution is 2.37. The van der Waals surface area contributed by atoms with E-state index in [1.54, 1.807) is 4.90 Å². The van der Waals surface area contributed by atoms with Crippen LogP contribution in [0, 0.1) is 11.6 Å². The first-order chi connectivity index (χ1) is 23.2. The summed E-state index contributed by atoms with van der Waals surface area (Å²) in [5, 5.41) is 5.96. The van der Waals surface area contributed by atoms with Crippen molar-refractivity contribution in [1.82, 2.24) is 24.2 Å². The number of ether oxygens (including phenoxy) is 4. The Morgan fingerprint density at radius 2 is 1.82 bits per heavy atom. The van der Waals surface area contributed by atoms with Crippen LogP contribution in [0.5, 0.6) is 5.75 Å². The fourth-order valence-corrected chi connectivity index (χ4v) is 6.88. The normalized spacial score (nSPS) is 16.7. The summed E-state index contributed by atoms with van der Waals surface area (Å²) in [5.74, 6) is 0.0237. The minimum Gasteiger partial charge on any atom is -0.493 e. The van der Waals surface area contributed by atoms with Crippen LogP contribution in [-0.4, -0.2) is 63.8 Å². The Bertz CT molecular complexity index is 1790. The molecule has 2 aliphatic rings. The Hall–Kier alpha value is -3.81. The molecule has 10 nitrogen and oxygen atoms in total. The molecule has 1 saturated heterocycles. The zero-order chi connectivity index (χ0) is 34.9. The van der Waals surface area contributed by atoms with Gasteiger partial charge < -0.3 is 23.5 Å². The topological polar surface area (TPSA) is 92.9 Å². The molecule has 1 atom stereocenters. The van der Waals surface area contributed by atoms with Gasteiger partial charge in [-0.1, -0.05) is 19.6 Å². The summed E-state index contributed by atoms with van der Waals surface area (Å²) in [6.45, 7) is 15.0. The molecular formula is C36H47F2N5O5Si. The first kappa shape index (κ1) is 35.0. The third-order valence-corrected chi connectivity index (χ3v) is 10.3. The molecule has 0 aliphatic carbocycles. The van der Waals surface area contributed by atoms with Crippen LogP contribution in [0.2, 0.25) is 25.7 Å². The van der Waals surface area contributed by atoms with Gasteiger partial charge in [-0.05, 0) is 82.0 Å². The van der Waals surface area contributed by atoms with Gasteiger partial charge in [0.15, 0.2) is 12.1 Å². The Morgan fingerprint density at radius 3 is 2.51 bits per heavy atom. The van der Waals surface area contributed by atoms with Crippen molar-refractivity contribution in [2.24, 2.45) is 0 Å². The number of aromatic nitrogens is 4. The molecule has 1 fully saturated rings. The van der Waals surface area contributed by atoms with Crippen LogP contribution in [0.25, 0.3) is 22.4 Å². The molecule has 2 aromatic carbocycles. The summed E-state index contributed by atoms with van der Waals surface area (Å²) in [4.78, 5) is 19.8. The molecule has 1 unspecified atom stereocenters. The number of hydrogen-bond donors (Lipinski definition) is 0. The van der Waals surface area contributed by atoms with Crippen LogP contribution in [-0.2, 0) is 40.5 Å². The van der Waals surface area contributed by atoms with E-state index in [4.69, 9.17) is 29.0 Å². The lowest BCUT2D eigenvalue weighted by Crippen LogP contribution is -2.34. The number of imidazole rings is 1. The quantitative estimate of drug-likeness (QED) is 0.116. The van der Waals surface area contributed by atoms with Gasteiger partial charge in [0, 0.05) is 39.2 Å². The number of fused-ring (bicyclic) bond motifs is 2. The van der Waals surface area contributed by atoms with Crippen molar-refractivity contribution in [3.05, 3.63) is 65.0 Å². The lowest BCUT2D eigenvalue weighted by Gasteiger charge is -2.24. The summed E-state index contributed by atoms with van der Waals surface area (Å²) in [5.41, 5.74) is 3.12. The van der Waals surface area contributed by atoms with Crippen molar-refractivity contribution in [3.63, 3.8) is 0 Å². The maximum absolute atomic E-state index is 13.7. The molecule has 264 valence electrons. The van der Waals surface area contributed by atoms with Crippen LogP contribution in [0.1, 0.15) is 63.2 Å². The monoisotopic (exact) mass is 695 g/mol. The van der Waals surface area contributed by atoms with E-state index in [2.05, 4.69) is 19.6 Å². The number of carbonyl (C=O) groups excluding carboxylic acids is 1. The molecule has 0 bridgehead atoms. The van der Waals surface area contributed by atoms with Crippen LogP contribution in [0.4, 0.5) is 13.6 Å². The highest BCUT2D eigenvalue weighted by molar-refractivity contribution is 6.76. The summed E-state index contributed by atoms with van der Waals surface area (Å²) >= 11 is 0. The third kappa shape index (κ3) is 8.50. The SMILES string of the molecule is CC(C)(C)OC(=O)N1Cc2nc(-c3nn(C4CCCCO4)c4ccc(OCCc5cc(F)cc(F)c5)cc34)n(COCC[Si](C)(C)C)c2C1. The average molecular weight is 696 g/mol. The number of benzene rings is 2. The summed E-state index contributed by atoms with van der Waals surface area (Å²) < 4.78 is 55.7. The van der Waals surface area contributed by atoms with E-state index in [1.807, 2.05) is 48.2 Å². The van der Waals surface area contributed by atoms with Gasteiger partial charge in [0.25, 0.3) is 0 Å². The molecular weight excluding hydrogens is 649 g/mol. The molecule has 2 aromatic heterocycles. The highest BCUT2D eigenvalue weighted by Gasteiger charge is 2.34. The zero-order valence-electron chi connectivity index (χ0n) is 29.4. The average Bonchev–Trinajstić information content (AvgIpc) is 3.69. The predicted octanol–water partition coefficient (Wildman–Crippen LogP) is 8.06. The molecule has 0 N–H and O–H groups in total. The molecule has 4 heterocycles. The summed E-state index contributed by atoms with van der Waals surface area (Å²) in [7, 11) is -1.32. The Balaban J connectivity index is 1.34. The number of nitrogens with zero attached hydrogens (tertiary/aromatic N) is 5. The van der Waals surface area contributed by atoms with Gasteiger partial charge in [-0.25, -0.2) is 23.2 Å². The van der Waals surface area contributed by atoms with E-state index in [0.29, 0.717) is 55.6 Å². The van der Waals surface area contributed by atoms with Gasteiger partial charge in [-0.3, -0.25) is 4.90 Å². The largest absolute Gasteiger partial charge is 0.493 e. The molecule has 13 heteroatoms. The van der Waals surface area contributed by atoms with Crippen LogP contribution < -0.4 is 4.74 Å². The van der Waals surface area contributed by atoms with Crippen molar-refractivity contribution >= 4 is 25.1 Å². The van der Waals surface area contributed by atoms with E-state index in [-0.39, 0.29) is 25.7 Å². The van der Waals surface area contributed by atoms with E-state index >= 15 is 0 Å². The highest BCUT2D eigenvalue weighted by atomic mass is 28.3. The lowest BCUT2D eigenvalue weighted by molar-refractivity contribution is -0.0365. The first-order valence-electron chi connectivity index (χ1n) is 17.1. The fourth-order valence-electron chi connectivity index (χ4n) is 6.12. The number of carbonyl (C=O) groups is 1. The second-order valence-corrected chi connectivity index (χ2v) is 20.7. The number of rotatable bonds is 11. The smallest absolute Gasteiger partial charge is 0.410 e. The molecule has 6 rings (SSSR count). The summed E-state index contributed by atoms with van der Waals surface area (Å²) in [6, 6.07) is 10.3. The lowest BCUT2D eigenvalue weighted by atomic mass is 10.1. The molecule has 0 spiro atoms. The van der Waals surface area contributed by atoms with Gasteiger partial charge in [0.2, 0.25) is 0 Å². The Labute approximate surface area is 287 Å². The maximum Gasteiger partial charge on any atom is 0.410 e. The van der Waals surface area contributed by atoms with Gasteiger partial charge in [-0.2, -0.15) is 5.10 Å². The van der Waals surface area contributed by atoms with Crippen molar-refractivity contribution in [3.8, 4) is 17.3 Å². The number of amides is 1. The van der Waals surface area contributed by atoms with E-state index in [0.717, 1.165) is 53.7 Å². The standard InChI is InChI=1S/C36H47F2N5O5Si/c1-36(2,3)48-35(44)41-21-29-31(22-41)42(23-45-15-16-49(4,5)6)34(39-29)33-28-20-27(46-14-12-24-17-25(37)19-26(38)18-24)10-11-30(28)43(40-33)32-9-7-8-13-47-32/h10-11,17-20,32H,7-9,12-16,21-23H2,1-6H3. The van der Waals surface area contributed by atoms with Crippen molar-refractivity contribution in [2.75, 3.05) is 19.8 Å². The van der Waals surface area contributed by atoms with E-state index in [1.165, 1.54) is 12.1 Å². The molecule has 1 amide bonds. The van der Waals surface area contributed by atoms with E-state index < -0.39 is 25.3 Å². The third-order valence-electron chi connectivity index (χ3n) is 8.60. The molecule has 4 aromatic rings. The van der Waals surface area contributed by atoms with Crippen LogP contribution >= 0.6 is 0 Å². The molecule has 49 heavy (non-hydrogen) atoms. The Morgan fingerprint density at radius 1 is 1.04 bits per heavy atom. The van der Waals surface area contributed by atoms with Crippen molar-refractivity contribution < 1.29 is 32.5 Å². The van der Waals surface area contributed by atoms with Crippen molar-refractivity contribution in [2.45, 2.75) is 104 Å². The minimum absolute atomic E-state index is 0.217. The maximum atomic E-state index is 13.7. The van der Waals surface area contributed by atoms with Gasteiger partial charge in [0.05, 0.1) is 36.6 Å². The van der Waals surface area contributed by atoms with Crippen LogP contribution in [0.3, 0.4) is 0 Å². The van der Waals surface area contributed by atoms with Crippen molar-refractivity contribution in [1.29, 1.82) is 0 Å². The van der Waals surface area contributed by atoms with Gasteiger partial charge >= 0.3 is 6.09 Å². The van der Waals surface area contributed by atoms with E-state index in [9.17, 15) is 13.6 Å². The number of halogens is 2. The first-order valence-corrected chi connectivity index (χ1v) is 20.8. The molecule has 0 saturated carbocycles. The van der Waals surface area contributed by atoms with Gasteiger partial charge in [0.1, 0.15) is 35.4 Å². The zero-order valence-corrected chi connectivity index (χ0v) is 30.4. The number of hydrogen-bond acceptors (Lipinski definition) is 7. The minimum atomic E-state index is -1.32. The fraction of sp³-hybridized carbons (Fsp3) is 0.528. The van der Waals surface area contributed by atoms with Gasteiger partial charge in [-0.15, -0.1) is 0 Å². The Kier molecular flexibility index (Phi) is 10.1. The van der Waals surface area contributed by atoms with Crippen LogP contribution in [0.15, 0.2) is 36.4 Å². The molecule has 2 aliphatic heterocycles. The second-order valence-electron chi connectivity index (χ2n) is 15.1. The predicted molar refractivity (Wildman–Crippen MR) is 185 cm³/mol. The second kappa shape index (κ2) is 14.2. The summed E-state index contributed by atoms with van der Waals surface area (Å²) in [6.07, 6.45) is 2.63.